The van der Waals surface area contributed by atoms with Crippen molar-refractivity contribution in [3.8, 4) is 21.1 Å². The summed E-state index contributed by atoms with van der Waals surface area (Å²) in [5, 5.41) is 6.63. The number of rotatable bonds is 0. The van der Waals surface area contributed by atoms with Crippen LogP contribution in [0, 0.1) is 0 Å². The second-order valence-corrected chi connectivity index (χ2v) is 11.8. The second-order valence-electron chi connectivity index (χ2n) is 10.1. The van der Waals surface area contributed by atoms with Crippen molar-refractivity contribution in [2.75, 3.05) is 0 Å². The first kappa shape index (κ1) is 20.6. The summed E-state index contributed by atoms with van der Waals surface area (Å²) in [4.78, 5) is 10.3. The Morgan fingerprint density at radius 2 is 1.03 bits per heavy atom. The van der Waals surface area contributed by atoms with Crippen LogP contribution in [0.1, 0.15) is 64.1 Å². The van der Waals surface area contributed by atoms with E-state index in [0.717, 1.165) is 21.4 Å². The van der Waals surface area contributed by atoms with E-state index in [1.165, 1.54) is 22.3 Å². The number of thiazole rings is 2. The maximum Gasteiger partial charge on any atom is 0.123 e. The zero-order chi connectivity index (χ0) is 22.0. The average molecular weight is 445 g/mol. The molecule has 2 aromatic heterocycles. The Morgan fingerprint density at radius 1 is 0.613 bits per heavy atom. The molecule has 158 valence electrons. The van der Waals surface area contributed by atoms with E-state index in [4.69, 9.17) is 9.97 Å². The van der Waals surface area contributed by atoms with Gasteiger partial charge in [0.2, 0.25) is 0 Å². The van der Waals surface area contributed by atoms with Crippen LogP contribution in [-0.2, 0) is 16.2 Å². The first-order valence-corrected chi connectivity index (χ1v) is 12.5. The molecular weight excluding hydrogens is 416 g/mol. The molecule has 1 aliphatic heterocycles. The van der Waals surface area contributed by atoms with E-state index < -0.39 is 0 Å². The third-order valence-corrected chi connectivity index (χ3v) is 9.30. The minimum Gasteiger partial charge on any atom is -0.241 e. The molecule has 2 nitrogen and oxygen atoms in total. The molecule has 4 aromatic rings. The van der Waals surface area contributed by atoms with Gasteiger partial charge in [-0.3, -0.25) is 0 Å². The number of aromatic nitrogens is 2. The lowest BCUT2D eigenvalue weighted by Crippen LogP contribution is -2.41. The van der Waals surface area contributed by atoms with E-state index in [-0.39, 0.29) is 16.2 Å². The van der Waals surface area contributed by atoms with Crippen LogP contribution in [0.15, 0.2) is 59.3 Å². The topological polar surface area (TPSA) is 25.8 Å². The predicted molar refractivity (Wildman–Crippen MR) is 133 cm³/mol. The van der Waals surface area contributed by atoms with Crippen molar-refractivity contribution in [2.24, 2.45) is 0 Å². The zero-order valence-corrected chi connectivity index (χ0v) is 20.6. The zero-order valence-electron chi connectivity index (χ0n) is 19.0. The minimum atomic E-state index is -0.161. The van der Waals surface area contributed by atoms with Crippen molar-refractivity contribution >= 4 is 22.7 Å². The first-order valence-electron chi connectivity index (χ1n) is 10.7. The van der Waals surface area contributed by atoms with Crippen molar-refractivity contribution in [3.05, 3.63) is 81.8 Å². The average Bonchev–Trinajstić information content (AvgIpc) is 3.44. The molecule has 3 heterocycles. The highest BCUT2D eigenvalue weighted by atomic mass is 32.1. The van der Waals surface area contributed by atoms with Gasteiger partial charge in [-0.2, -0.15) is 0 Å². The summed E-state index contributed by atoms with van der Waals surface area (Å²) in [6.07, 6.45) is 0. The van der Waals surface area contributed by atoms with E-state index in [9.17, 15) is 0 Å². The molecule has 4 heteroatoms. The highest BCUT2D eigenvalue weighted by molar-refractivity contribution is 7.13. The molecule has 1 aliphatic rings. The molecule has 0 atom stereocenters. The van der Waals surface area contributed by atoms with Crippen molar-refractivity contribution in [2.45, 2.75) is 57.8 Å². The molecular formula is C27H28N2S2. The Labute approximate surface area is 193 Å². The lowest BCUT2D eigenvalue weighted by Gasteiger charge is -2.39. The fourth-order valence-corrected chi connectivity index (χ4v) is 6.25. The fraction of sp³-hybridized carbons (Fsp3) is 0.333. The maximum atomic E-state index is 5.14. The third-order valence-electron chi connectivity index (χ3n) is 7.51. The predicted octanol–water partition coefficient (Wildman–Crippen LogP) is 7.83. The molecule has 31 heavy (non-hydrogen) atoms. The molecule has 0 saturated heterocycles. The molecule has 0 unspecified atom stereocenters. The summed E-state index contributed by atoms with van der Waals surface area (Å²) >= 11 is 3.48. The Balaban J connectivity index is 1.81. The third kappa shape index (κ3) is 3.11. The lowest BCUT2D eigenvalue weighted by molar-refractivity contribution is 0.291. The van der Waals surface area contributed by atoms with Gasteiger partial charge in [0.15, 0.2) is 0 Å². The quantitative estimate of drug-likeness (QED) is 0.276. The molecule has 2 aromatic carbocycles. The van der Waals surface area contributed by atoms with Crippen LogP contribution in [0.2, 0.25) is 0 Å². The smallest absolute Gasteiger partial charge is 0.123 e. The van der Waals surface area contributed by atoms with Crippen molar-refractivity contribution in [3.63, 3.8) is 0 Å². The Kier molecular flexibility index (Phi) is 4.55. The van der Waals surface area contributed by atoms with E-state index in [2.05, 4.69) is 101 Å². The summed E-state index contributed by atoms with van der Waals surface area (Å²) in [6, 6.07) is 17.8. The van der Waals surface area contributed by atoms with Gasteiger partial charge in [-0.25, -0.2) is 9.97 Å². The summed E-state index contributed by atoms with van der Waals surface area (Å²) in [6.45, 7) is 13.8. The number of hydrogen-bond donors (Lipinski definition) is 0. The molecule has 0 radical (unpaired) electrons. The Morgan fingerprint density at radius 3 is 1.45 bits per heavy atom. The Bertz CT molecular complexity index is 1180. The summed E-state index contributed by atoms with van der Waals surface area (Å²) < 4.78 is 0. The van der Waals surface area contributed by atoms with Gasteiger partial charge < -0.3 is 0 Å². The van der Waals surface area contributed by atoms with Gasteiger partial charge in [-0.15, -0.1) is 22.7 Å². The van der Waals surface area contributed by atoms with Gasteiger partial charge in [0.05, 0.1) is 11.4 Å². The van der Waals surface area contributed by atoms with Gasteiger partial charge in [0.25, 0.3) is 0 Å². The van der Waals surface area contributed by atoms with Gasteiger partial charge in [-0.05, 0) is 23.3 Å². The highest BCUT2D eigenvalue weighted by Gasteiger charge is 2.43. The van der Waals surface area contributed by atoms with Crippen molar-refractivity contribution in [1.29, 1.82) is 0 Å². The lowest BCUT2D eigenvalue weighted by atomic mass is 9.65. The summed E-state index contributed by atoms with van der Waals surface area (Å²) in [5.74, 6) is 0. The molecule has 0 fully saturated rings. The van der Waals surface area contributed by atoms with Crippen LogP contribution in [-0.4, -0.2) is 9.97 Å². The maximum absolute atomic E-state index is 5.14. The highest BCUT2D eigenvalue weighted by Crippen LogP contribution is 2.46. The minimum absolute atomic E-state index is 0.120. The molecule has 0 saturated carbocycles. The van der Waals surface area contributed by atoms with E-state index >= 15 is 0 Å². The van der Waals surface area contributed by atoms with E-state index in [0.29, 0.717) is 0 Å². The number of hydrogen-bond acceptors (Lipinski definition) is 4. The van der Waals surface area contributed by atoms with Crippen molar-refractivity contribution < 1.29 is 0 Å². The van der Waals surface area contributed by atoms with Crippen LogP contribution in [0.4, 0.5) is 0 Å². The standard InChI is InChI=1S/C27H28N2S2/c1-25(2)19-11-7-9-17(13-19)23-28-21(15-30-23)26(3,4)27(5,6)22-16-31-24(29-22)18-10-8-12-20(25)14-18/h7-16H,1-6H3. The first-order chi connectivity index (χ1) is 14.6. The summed E-state index contributed by atoms with van der Waals surface area (Å²) in [7, 11) is 0. The molecule has 0 spiro atoms. The normalized spacial score (nSPS) is 18.1. The van der Waals surface area contributed by atoms with Gasteiger partial charge >= 0.3 is 0 Å². The van der Waals surface area contributed by atoms with Crippen LogP contribution in [0.5, 0.6) is 0 Å². The monoisotopic (exact) mass is 444 g/mol. The molecule has 0 amide bonds. The molecule has 5 rings (SSSR count). The number of benzene rings is 2. The molecule has 8 bridgehead atoms. The summed E-state index contributed by atoms with van der Waals surface area (Å²) in [5.41, 5.74) is 6.80. The van der Waals surface area contributed by atoms with Crippen LogP contribution >= 0.6 is 22.7 Å². The van der Waals surface area contributed by atoms with Crippen LogP contribution in [0.3, 0.4) is 0 Å². The van der Waals surface area contributed by atoms with Crippen LogP contribution in [0.25, 0.3) is 21.1 Å². The van der Waals surface area contributed by atoms with E-state index in [1.54, 1.807) is 22.7 Å². The van der Waals surface area contributed by atoms with Gasteiger partial charge in [-0.1, -0.05) is 77.9 Å². The molecule has 0 N–H and O–H groups in total. The van der Waals surface area contributed by atoms with Gasteiger partial charge in [0, 0.05) is 38.1 Å². The Hall–Kier alpha value is -2.30. The largest absolute Gasteiger partial charge is 0.241 e. The van der Waals surface area contributed by atoms with E-state index in [1.807, 2.05) is 0 Å². The van der Waals surface area contributed by atoms with Crippen LogP contribution < -0.4 is 0 Å². The van der Waals surface area contributed by atoms with Crippen molar-refractivity contribution in [1.82, 2.24) is 9.97 Å². The number of fused-ring (bicyclic) bond motifs is 10. The van der Waals surface area contributed by atoms with Gasteiger partial charge in [0.1, 0.15) is 10.0 Å². The SMILES string of the molecule is CC1(C)c2cccc(c2)-c2nc(cs2)C(C)(C)C(C)(C)c2csc(n2)-c2cccc1c2. The second kappa shape index (κ2) is 6.85. The fourth-order valence-electron chi connectivity index (χ4n) is 4.28. The molecule has 0 aliphatic carbocycles. The number of nitrogens with zero attached hydrogens (tertiary/aromatic N) is 2.